The molecular weight excluding hydrogens is 306 g/mol. The summed E-state index contributed by atoms with van der Waals surface area (Å²) in [6.45, 7) is 8.06. The predicted octanol–water partition coefficient (Wildman–Crippen LogP) is 3.49. The Morgan fingerprint density at radius 1 is 1.26 bits per heavy atom. The van der Waals surface area contributed by atoms with Crippen molar-refractivity contribution in [2.45, 2.75) is 45.7 Å². The Morgan fingerprint density at radius 3 is 2.63 bits per heavy atom. The molecule has 0 aliphatic rings. The molecule has 4 heteroatoms. The molecule has 0 spiro atoms. The lowest BCUT2D eigenvalue weighted by Gasteiger charge is -2.22. The number of unbranched alkanes of at least 4 members (excludes halogenated alkanes) is 1. The summed E-state index contributed by atoms with van der Waals surface area (Å²) < 4.78 is 6.81. The van der Waals surface area contributed by atoms with Gasteiger partial charge in [0.2, 0.25) is 0 Å². The Bertz CT molecular complexity index is 388. The Balaban J connectivity index is 2.66. The number of aliphatic hydroxyl groups is 1. The number of ether oxygens (including phenoxy) is 1. The summed E-state index contributed by atoms with van der Waals surface area (Å²) in [5, 5.41) is 12.2. The normalized spacial score (nSPS) is 11.6. The molecule has 19 heavy (non-hydrogen) atoms. The highest BCUT2D eigenvalue weighted by molar-refractivity contribution is 9.10. The molecule has 3 nitrogen and oxygen atoms in total. The zero-order valence-electron chi connectivity index (χ0n) is 12.0. The molecule has 0 saturated carbocycles. The fraction of sp³-hybridized carbons (Fsp3) is 0.600. The van der Waals surface area contributed by atoms with Crippen molar-refractivity contribution in [1.82, 2.24) is 5.32 Å². The van der Waals surface area contributed by atoms with E-state index in [1.54, 1.807) is 0 Å². The summed E-state index contributed by atoms with van der Waals surface area (Å²) in [7, 11) is 0. The van der Waals surface area contributed by atoms with Crippen LogP contribution < -0.4 is 10.1 Å². The van der Waals surface area contributed by atoms with Crippen LogP contribution in [0.3, 0.4) is 0 Å². The minimum Gasteiger partial charge on any atom is -0.492 e. The quantitative estimate of drug-likeness (QED) is 0.752. The van der Waals surface area contributed by atoms with Crippen LogP contribution in [0.5, 0.6) is 5.75 Å². The van der Waals surface area contributed by atoms with Crippen molar-refractivity contribution in [2.24, 2.45) is 0 Å². The van der Waals surface area contributed by atoms with Crippen LogP contribution in [0.25, 0.3) is 0 Å². The molecule has 0 aliphatic carbocycles. The molecule has 1 aromatic carbocycles. The SMILES string of the molecule is CC(C)(C)NCc1cccc(Br)c1OCCCCO. The number of benzene rings is 1. The van der Waals surface area contributed by atoms with E-state index in [1.807, 2.05) is 12.1 Å². The van der Waals surface area contributed by atoms with Crippen LogP contribution in [0, 0.1) is 0 Å². The van der Waals surface area contributed by atoms with E-state index in [9.17, 15) is 0 Å². The van der Waals surface area contributed by atoms with E-state index in [0.29, 0.717) is 6.61 Å². The fourth-order valence-corrected chi connectivity index (χ4v) is 2.12. The average Bonchev–Trinajstić information content (AvgIpc) is 2.33. The van der Waals surface area contributed by atoms with Crippen molar-refractivity contribution < 1.29 is 9.84 Å². The van der Waals surface area contributed by atoms with Gasteiger partial charge in [-0.25, -0.2) is 0 Å². The standard InChI is InChI=1S/C15H24BrNO2/c1-15(2,3)17-11-12-7-6-8-13(16)14(12)19-10-5-4-9-18/h6-8,17-18H,4-5,9-11H2,1-3H3. The van der Waals surface area contributed by atoms with Crippen molar-refractivity contribution in [3.8, 4) is 5.75 Å². The van der Waals surface area contributed by atoms with Crippen molar-refractivity contribution in [3.63, 3.8) is 0 Å². The molecule has 0 saturated heterocycles. The number of aliphatic hydroxyl groups excluding tert-OH is 1. The third-order valence-electron chi connectivity index (χ3n) is 2.66. The maximum Gasteiger partial charge on any atom is 0.137 e. The number of hydrogen-bond acceptors (Lipinski definition) is 3. The zero-order chi connectivity index (χ0) is 14.3. The minimum atomic E-state index is 0.0798. The van der Waals surface area contributed by atoms with E-state index < -0.39 is 0 Å². The van der Waals surface area contributed by atoms with Gasteiger partial charge < -0.3 is 15.2 Å². The topological polar surface area (TPSA) is 41.5 Å². The second kappa shape index (κ2) is 7.88. The van der Waals surface area contributed by atoms with Gasteiger partial charge in [-0.1, -0.05) is 12.1 Å². The lowest BCUT2D eigenvalue weighted by atomic mass is 10.1. The summed E-state index contributed by atoms with van der Waals surface area (Å²) in [5.41, 5.74) is 1.23. The fourth-order valence-electron chi connectivity index (χ4n) is 1.60. The summed E-state index contributed by atoms with van der Waals surface area (Å²) in [6, 6.07) is 6.08. The van der Waals surface area contributed by atoms with Gasteiger partial charge >= 0.3 is 0 Å². The second-order valence-corrected chi connectivity index (χ2v) is 6.47. The van der Waals surface area contributed by atoms with Crippen LogP contribution in [0.15, 0.2) is 22.7 Å². The lowest BCUT2D eigenvalue weighted by molar-refractivity contribution is 0.251. The highest BCUT2D eigenvalue weighted by atomic mass is 79.9. The summed E-state index contributed by atoms with van der Waals surface area (Å²) in [6.07, 6.45) is 1.64. The smallest absolute Gasteiger partial charge is 0.137 e. The lowest BCUT2D eigenvalue weighted by Crippen LogP contribution is -2.35. The third kappa shape index (κ3) is 6.41. The van der Waals surface area contributed by atoms with E-state index in [2.05, 4.69) is 48.1 Å². The zero-order valence-corrected chi connectivity index (χ0v) is 13.6. The number of nitrogens with one attached hydrogen (secondary N) is 1. The van der Waals surface area contributed by atoms with Crippen molar-refractivity contribution >= 4 is 15.9 Å². The van der Waals surface area contributed by atoms with Crippen LogP contribution >= 0.6 is 15.9 Å². The number of halogens is 1. The summed E-state index contributed by atoms with van der Waals surface area (Å²) >= 11 is 3.53. The Hall–Kier alpha value is -0.580. The number of para-hydroxylation sites is 1. The maximum atomic E-state index is 8.77. The first-order valence-electron chi connectivity index (χ1n) is 6.70. The first-order chi connectivity index (χ1) is 8.94. The summed E-state index contributed by atoms with van der Waals surface area (Å²) in [4.78, 5) is 0. The molecule has 0 fully saturated rings. The van der Waals surface area contributed by atoms with Crippen molar-refractivity contribution in [3.05, 3.63) is 28.2 Å². The van der Waals surface area contributed by atoms with Gasteiger partial charge in [0, 0.05) is 24.3 Å². The van der Waals surface area contributed by atoms with Crippen LogP contribution in [0.4, 0.5) is 0 Å². The molecule has 2 N–H and O–H groups in total. The number of hydrogen-bond donors (Lipinski definition) is 2. The molecule has 1 aromatic rings. The molecule has 0 amide bonds. The Kier molecular flexibility index (Phi) is 6.83. The van der Waals surface area contributed by atoms with E-state index in [1.165, 1.54) is 0 Å². The number of rotatable bonds is 7. The van der Waals surface area contributed by atoms with Gasteiger partial charge in [-0.2, -0.15) is 0 Å². The molecule has 0 unspecified atom stereocenters. The van der Waals surface area contributed by atoms with E-state index in [0.717, 1.165) is 35.2 Å². The molecule has 0 radical (unpaired) electrons. The van der Waals surface area contributed by atoms with Crippen molar-refractivity contribution in [1.29, 1.82) is 0 Å². The van der Waals surface area contributed by atoms with Crippen LogP contribution in [-0.4, -0.2) is 23.9 Å². The minimum absolute atomic E-state index is 0.0798. The highest BCUT2D eigenvalue weighted by Crippen LogP contribution is 2.29. The van der Waals surface area contributed by atoms with Crippen LogP contribution in [0.2, 0.25) is 0 Å². The molecule has 0 atom stereocenters. The van der Waals surface area contributed by atoms with E-state index >= 15 is 0 Å². The van der Waals surface area contributed by atoms with Gasteiger partial charge in [-0.15, -0.1) is 0 Å². The molecule has 0 aromatic heterocycles. The monoisotopic (exact) mass is 329 g/mol. The predicted molar refractivity (Wildman–Crippen MR) is 82.5 cm³/mol. The molecule has 0 aliphatic heterocycles. The van der Waals surface area contributed by atoms with Gasteiger partial charge in [-0.3, -0.25) is 0 Å². The highest BCUT2D eigenvalue weighted by Gasteiger charge is 2.12. The first-order valence-corrected chi connectivity index (χ1v) is 7.49. The van der Waals surface area contributed by atoms with Gasteiger partial charge in [0.05, 0.1) is 11.1 Å². The Labute approximate surface area is 124 Å². The molecule has 1 rings (SSSR count). The average molecular weight is 330 g/mol. The summed E-state index contributed by atoms with van der Waals surface area (Å²) in [5.74, 6) is 0.900. The maximum absolute atomic E-state index is 8.77. The molecular formula is C15H24BrNO2. The second-order valence-electron chi connectivity index (χ2n) is 5.61. The Morgan fingerprint density at radius 2 is 2.00 bits per heavy atom. The molecule has 108 valence electrons. The van der Waals surface area contributed by atoms with E-state index in [4.69, 9.17) is 9.84 Å². The van der Waals surface area contributed by atoms with E-state index in [-0.39, 0.29) is 12.1 Å². The molecule has 0 bridgehead atoms. The third-order valence-corrected chi connectivity index (χ3v) is 3.28. The van der Waals surface area contributed by atoms with Gasteiger partial charge in [0.1, 0.15) is 5.75 Å². The van der Waals surface area contributed by atoms with Gasteiger partial charge in [0.15, 0.2) is 0 Å². The first kappa shape index (κ1) is 16.5. The van der Waals surface area contributed by atoms with Gasteiger partial charge in [0.25, 0.3) is 0 Å². The van der Waals surface area contributed by atoms with Crippen LogP contribution in [0.1, 0.15) is 39.2 Å². The van der Waals surface area contributed by atoms with Crippen LogP contribution in [-0.2, 0) is 6.54 Å². The molecule has 0 heterocycles. The largest absolute Gasteiger partial charge is 0.492 e. The van der Waals surface area contributed by atoms with Gasteiger partial charge in [-0.05, 0) is 55.6 Å². The van der Waals surface area contributed by atoms with Crippen molar-refractivity contribution in [2.75, 3.05) is 13.2 Å².